The molecule has 2 aliphatic rings. The Morgan fingerprint density at radius 1 is 1.18 bits per heavy atom. The summed E-state index contributed by atoms with van der Waals surface area (Å²) in [5.41, 5.74) is 0. The van der Waals surface area contributed by atoms with Crippen LogP contribution in [0.2, 0.25) is 0 Å². The van der Waals surface area contributed by atoms with E-state index >= 15 is 0 Å². The van der Waals surface area contributed by atoms with Crippen LogP contribution >= 0.6 is 0 Å². The first-order valence-electron chi connectivity index (χ1n) is 4.37. The number of hydrogen-bond acceptors (Lipinski definition) is 2. The molecule has 2 atom stereocenters. The summed E-state index contributed by atoms with van der Waals surface area (Å²) in [5.74, 6) is 0. The van der Waals surface area contributed by atoms with Crippen LogP contribution in [0.3, 0.4) is 0 Å². The van der Waals surface area contributed by atoms with Gasteiger partial charge in [0.25, 0.3) is 0 Å². The number of rotatable bonds is 0. The molecule has 0 unspecified atom stereocenters. The molecule has 0 aromatic rings. The number of ether oxygens (including phenoxy) is 2. The van der Waals surface area contributed by atoms with E-state index in [9.17, 15) is 0 Å². The van der Waals surface area contributed by atoms with Crippen LogP contribution in [0.1, 0.15) is 19.3 Å². The second-order valence-electron chi connectivity index (χ2n) is 3.10. The van der Waals surface area contributed by atoms with Gasteiger partial charge in [-0.2, -0.15) is 0 Å². The molecular weight excluding hydrogens is 140 g/mol. The molecule has 0 amide bonds. The highest BCUT2D eigenvalue weighted by Gasteiger charge is 2.25. The number of hydrogen-bond donors (Lipinski definition) is 0. The van der Waals surface area contributed by atoms with E-state index in [4.69, 9.17) is 9.47 Å². The summed E-state index contributed by atoms with van der Waals surface area (Å²) in [7, 11) is 0. The van der Waals surface area contributed by atoms with Crippen LogP contribution in [0, 0.1) is 0 Å². The van der Waals surface area contributed by atoms with Crippen LogP contribution in [0.25, 0.3) is 0 Å². The molecule has 0 N–H and O–H groups in total. The summed E-state index contributed by atoms with van der Waals surface area (Å²) in [6.45, 7) is 1.53. The van der Waals surface area contributed by atoms with Gasteiger partial charge in [-0.25, -0.2) is 0 Å². The Kier molecular flexibility index (Phi) is 2.24. The topological polar surface area (TPSA) is 18.5 Å². The summed E-state index contributed by atoms with van der Waals surface area (Å²) >= 11 is 0. The van der Waals surface area contributed by atoms with Crippen LogP contribution in [0.15, 0.2) is 12.2 Å². The highest BCUT2D eigenvalue weighted by Crippen LogP contribution is 2.20. The van der Waals surface area contributed by atoms with Crippen LogP contribution in [0.5, 0.6) is 0 Å². The normalized spacial score (nSPS) is 37.8. The summed E-state index contributed by atoms with van der Waals surface area (Å²) in [6, 6.07) is 0. The minimum atomic E-state index is 0.242. The third kappa shape index (κ3) is 1.63. The molecular formula is C9H14O2. The van der Waals surface area contributed by atoms with Gasteiger partial charge in [0.05, 0.1) is 19.3 Å². The maximum Gasteiger partial charge on any atom is 0.102 e. The minimum Gasteiger partial charge on any atom is -0.373 e. The molecule has 1 fully saturated rings. The van der Waals surface area contributed by atoms with Gasteiger partial charge in [-0.15, -0.1) is 0 Å². The first kappa shape index (κ1) is 7.32. The van der Waals surface area contributed by atoms with E-state index in [1.165, 1.54) is 12.8 Å². The lowest BCUT2D eigenvalue weighted by atomic mass is 10.1. The minimum absolute atomic E-state index is 0.242. The Balaban J connectivity index is 2.02. The molecule has 0 radical (unpaired) electrons. The zero-order chi connectivity index (χ0) is 7.52. The Bertz CT molecular complexity index is 154. The van der Waals surface area contributed by atoms with Crippen molar-refractivity contribution in [2.24, 2.45) is 0 Å². The van der Waals surface area contributed by atoms with Gasteiger partial charge in [0.1, 0.15) is 6.10 Å². The maximum atomic E-state index is 5.59. The van der Waals surface area contributed by atoms with Crippen molar-refractivity contribution in [3.63, 3.8) is 0 Å². The van der Waals surface area contributed by atoms with Gasteiger partial charge in [0.2, 0.25) is 0 Å². The monoisotopic (exact) mass is 154 g/mol. The van der Waals surface area contributed by atoms with Gasteiger partial charge in [-0.1, -0.05) is 12.2 Å². The van der Waals surface area contributed by atoms with E-state index in [1.54, 1.807) is 0 Å². The van der Waals surface area contributed by atoms with E-state index in [-0.39, 0.29) is 6.10 Å². The summed E-state index contributed by atoms with van der Waals surface area (Å²) < 4.78 is 11.1. The summed E-state index contributed by atoms with van der Waals surface area (Å²) in [5, 5.41) is 0. The lowest BCUT2D eigenvalue weighted by Gasteiger charge is -2.28. The second kappa shape index (κ2) is 3.37. The van der Waals surface area contributed by atoms with Crippen molar-refractivity contribution < 1.29 is 9.47 Å². The average molecular weight is 154 g/mol. The van der Waals surface area contributed by atoms with Crippen LogP contribution in [-0.4, -0.2) is 25.4 Å². The molecule has 0 spiro atoms. The van der Waals surface area contributed by atoms with Gasteiger partial charge in [-0.05, 0) is 19.3 Å². The molecule has 0 aromatic heterocycles. The first-order chi connectivity index (χ1) is 5.47. The predicted molar refractivity (Wildman–Crippen MR) is 42.5 cm³/mol. The SMILES string of the molecule is C1=C[C@@H]2OCCO[C@@H]2CCC1. The Morgan fingerprint density at radius 2 is 2.09 bits per heavy atom. The van der Waals surface area contributed by atoms with Crippen molar-refractivity contribution >= 4 is 0 Å². The standard InChI is InChI=1S/C9H14O2/c1-2-4-8-9(5-3-1)11-7-6-10-8/h2,4,8-9H,1,3,5-7H2/t8-,9+/m0/s1. The van der Waals surface area contributed by atoms with Gasteiger partial charge >= 0.3 is 0 Å². The molecule has 62 valence electrons. The molecule has 1 heterocycles. The molecule has 1 aliphatic heterocycles. The van der Waals surface area contributed by atoms with Gasteiger partial charge in [0.15, 0.2) is 0 Å². The highest BCUT2D eigenvalue weighted by atomic mass is 16.6. The maximum absolute atomic E-state index is 5.59. The lowest BCUT2D eigenvalue weighted by Crippen LogP contribution is -2.36. The summed E-state index contributed by atoms with van der Waals surface area (Å²) in [6.07, 6.45) is 8.50. The molecule has 0 bridgehead atoms. The van der Waals surface area contributed by atoms with Crippen LogP contribution < -0.4 is 0 Å². The zero-order valence-electron chi connectivity index (χ0n) is 6.66. The van der Waals surface area contributed by atoms with Crippen molar-refractivity contribution in [3.8, 4) is 0 Å². The fourth-order valence-corrected chi connectivity index (χ4v) is 1.68. The Labute approximate surface area is 67.2 Å². The number of fused-ring (bicyclic) bond motifs is 1. The van der Waals surface area contributed by atoms with Crippen molar-refractivity contribution in [3.05, 3.63) is 12.2 Å². The fraction of sp³-hybridized carbons (Fsp3) is 0.778. The molecule has 0 saturated carbocycles. The fourth-order valence-electron chi connectivity index (χ4n) is 1.68. The average Bonchev–Trinajstić information content (AvgIpc) is 2.28. The predicted octanol–water partition coefficient (Wildman–Crippen LogP) is 1.51. The molecule has 1 aliphatic carbocycles. The quantitative estimate of drug-likeness (QED) is 0.492. The summed E-state index contributed by atoms with van der Waals surface area (Å²) in [4.78, 5) is 0. The van der Waals surface area contributed by atoms with E-state index in [2.05, 4.69) is 12.2 Å². The van der Waals surface area contributed by atoms with Crippen LogP contribution in [-0.2, 0) is 9.47 Å². The van der Waals surface area contributed by atoms with Crippen molar-refractivity contribution in [1.29, 1.82) is 0 Å². The Hall–Kier alpha value is -0.340. The van der Waals surface area contributed by atoms with Crippen LogP contribution in [0.4, 0.5) is 0 Å². The third-order valence-corrected chi connectivity index (χ3v) is 2.28. The first-order valence-corrected chi connectivity index (χ1v) is 4.37. The van der Waals surface area contributed by atoms with Gasteiger partial charge < -0.3 is 9.47 Å². The van der Waals surface area contributed by atoms with E-state index in [1.807, 2.05) is 0 Å². The molecule has 1 saturated heterocycles. The lowest BCUT2D eigenvalue weighted by molar-refractivity contribution is -0.122. The molecule has 2 rings (SSSR count). The van der Waals surface area contributed by atoms with Crippen molar-refractivity contribution in [2.45, 2.75) is 31.5 Å². The van der Waals surface area contributed by atoms with Crippen molar-refractivity contribution in [1.82, 2.24) is 0 Å². The second-order valence-corrected chi connectivity index (χ2v) is 3.10. The van der Waals surface area contributed by atoms with E-state index in [0.29, 0.717) is 6.10 Å². The molecule has 2 heteroatoms. The molecule has 0 aromatic carbocycles. The largest absolute Gasteiger partial charge is 0.373 e. The number of allylic oxidation sites excluding steroid dienone is 1. The van der Waals surface area contributed by atoms with E-state index in [0.717, 1.165) is 19.6 Å². The highest BCUT2D eigenvalue weighted by molar-refractivity contribution is 4.97. The third-order valence-electron chi connectivity index (χ3n) is 2.28. The smallest absolute Gasteiger partial charge is 0.102 e. The van der Waals surface area contributed by atoms with E-state index < -0.39 is 0 Å². The Morgan fingerprint density at radius 3 is 3.09 bits per heavy atom. The zero-order valence-corrected chi connectivity index (χ0v) is 6.66. The van der Waals surface area contributed by atoms with Gasteiger partial charge in [0, 0.05) is 0 Å². The molecule has 11 heavy (non-hydrogen) atoms. The molecule has 2 nitrogen and oxygen atoms in total. The van der Waals surface area contributed by atoms with Gasteiger partial charge in [-0.3, -0.25) is 0 Å². The van der Waals surface area contributed by atoms with Crippen molar-refractivity contribution in [2.75, 3.05) is 13.2 Å².